The van der Waals surface area contributed by atoms with E-state index in [0.29, 0.717) is 59.2 Å². The molecular formula is C79H154N4O24S4. The van der Waals surface area contributed by atoms with Gasteiger partial charge in [-0.05, 0) is 129 Å². The lowest BCUT2D eigenvalue weighted by molar-refractivity contribution is -0.163. The molecule has 8 N–H and O–H groups in total. The van der Waals surface area contributed by atoms with Gasteiger partial charge in [0.1, 0.15) is 26.4 Å². The summed E-state index contributed by atoms with van der Waals surface area (Å²) in [5, 5.41) is 0. The molecule has 0 bridgehead atoms. The molecule has 658 valence electrons. The number of thioether (sulfide) groups is 4. The van der Waals surface area contributed by atoms with Gasteiger partial charge in [-0.25, -0.2) is 0 Å². The zero-order valence-electron chi connectivity index (χ0n) is 73.7. The molecule has 0 saturated heterocycles. The van der Waals surface area contributed by atoms with Crippen molar-refractivity contribution in [2.45, 2.75) is 236 Å². The summed E-state index contributed by atoms with van der Waals surface area (Å²) in [6.07, 6.45) is 5.62. The Morgan fingerprint density at radius 2 is 0.459 bits per heavy atom. The SMILES string of the molecule is CC.CC.CC.CC.CCCCOC(=O)C(C)(C)CC(C)(CSCCC(=O)OC)C(=O)OCCN.CCCCOC(=O)C(C)(C)CC(C)(CSCCC(=O)OC)C(=O)OCCN.CCOC(=O)C(C)(C)CC(C)(CSCCC(=O)OC)C(=O)OCCN.COC(=O)CCSCC(C)(CC(C)(C)C(=O)OC)C(=O)OCCN. The van der Waals surface area contributed by atoms with Gasteiger partial charge in [0, 0.05) is 72.2 Å². The number of carbonyl (C=O) groups excluding carboxylic acids is 12. The summed E-state index contributed by atoms with van der Waals surface area (Å²) in [7, 11) is 6.67. The van der Waals surface area contributed by atoms with Gasteiger partial charge in [-0.1, -0.05) is 82.1 Å². The van der Waals surface area contributed by atoms with Crippen LogP contribution in [-0.2, 0) is 114 Å². The normalized spacial score (nSPS) is 12.9. The summed E-state index contributed by atoms with van der Waals surface area (Å²) < 4.78 is 60.0. The predicted octanol–water partition coefficient (Wildman–Crippen LogP) is 12.4. The fourth-order valence-electron chi connectivity index (χ4n) is 10.1. The zero-order chi connectivity index (χ0) is 88.2. The first-order valence-electron chi connectivity index (χ1n) is 38.7. The molecule has 0 radical (unpaired) electrons. The van der Waals surface area contributed by atoms with Crippen molar-refractivity contribution in [1.82, 2.24) is 0 Å². The lowest BCUT2D eigenvalue weighted by atomic mass is 9.75. The second kappa shape index (κ2) is 71.4. The molecule has 0 aliphatic rings. The number of rotatable bonds is 51. The molecule has 0 saturated carbocycles. The van der Waals surface area contributed by atoms with E-state index in [2.05, 4.69) is 18.9 Å². The number of hydrogen-bond acceptors (Lipinski definition) is 32. The first-order chi connectivity index (χ1) is 52.0. The molecule has 28 nitrogen and oxygen atoms in total. The summed E-state index contributed by atoms with van der Waals surface area (Å²) in [5.41, 5.74) is 14.7. The molecule has 0 spiro atoms. The highest BCUT2D eigenvalue weighted by Gasteiger charge is 2.48. The highest BCUT2D eigenvalue weighted by atomic mass is 32.2. The Morgan fingerprint density at radius 1 is 0.270 bits per heavy atom. The third kappa shape index (κ3) is 58.4. The van der Waals surface area contributed by atoms with E-state index < -0.39 is 67.2 Å². The average Bonchev–Trinajstić information content (AvgIpc) is 0.837. The van der Waals surface area contributed by atoms with E-state index in [1.807, 2.05) is 69.2 Å². The topological polar surface area (TPSA) is 420 Å². The Bertz CT molecular complexity index is 2450. The van der Waals surface area contributed by atoms with E-state index in [0.717, 1.165) is 25.7 Å². The molecule has 32 heteroatoms. The van der Waals surface area contributed by atoms with Crippen LogP contribution in [0.3, 0.4) is 0 Å². The summed E-state index contributed by atoms with van der Waals surface area (Å²) in [5.74, 6) is -0.450. The van der Waals surface area contributed by atoms with Gasteiger partial charge in [0.05, 0.1) is 124 Å². The predicted molar refractivity (Wildman–Crippen MR) is 448 cm³/mol. The van der Waals surface area contributed by atoms with Crippen molar-refractivity contribution in [3.8, 4) is 0 Å². The fourth-order valence-corrected chi connectivity index (χ4v) is 14.6. The molecule has 0 heterocycles. The summed E-state index contributed by atoms with van der Waals surface area (Å²) in [6, 6.07) is 0. The Balaban J connectivity index is -0.000000206. The van der Waals surface area contributed by atoms with Crippen molar-refractivity contribution in [2.75, 3.05) is 154 Å². The average molecular weight is 1670 g/mol. The molecule has 4 atom stereocenters. The first-order valence-corrected chi connectivity index (χ1v) is 43.3. The molecular weight excluding hydrogens is 1520 g/mol. The molecule has 0 aliphatic heterocycles. The minimum atomic E-state index is -0.900. The summed E-state index contributed by atoms with van der Waals surface area (Å²) >= 11 is 5.80. The van der Waals surface area contributed by atoms with Gasteiger partial charge in [0.15, 0.2) is 0 Å². The van der Waals surface area contributed by atoms with E-state index in [1.165, 1.54) is 82.6 Å². The molecule has 0 aromatic carbocycles. The van der Waals surface area contributed by atoms with E-state index in [-0.39, 0.29) is 158 Å². The van der Waals surface area contributed by atoms with Crippen LogP contribution in [0.1, 0.15) is 236 Å². The number of unbranched alkanes of at least 4 members (excludes halogenated alkanes) is 2. The second-order valence-electron chi connectivity index (χ2n) is 27.9. The third-order valence-corrected chi connectivity index (χ3v) is 20.6. The molecule has 0 rings (SSSR count). The molecule has 0 fully saturated rings. The van der Waals surface area contributed by atoms with Gasteiger partial charge < -0.3 is 79.8 Å². The lowest BCUT2D eigenvalue weighted by Crippen LogP contribution is -2.41. The molecule has 111 heavy (non-hydrogen) atoms. The van der Waals surface area contributed by atoms with Gasteiger partial charge in [-0.3, -0.25) is 57.5 Å². The fraction of sp³-hybridized carbons (Fsp3) is 0.848. The van der Waals surface area contributed by atoms with Crippen LogP contribution in [0.4, 0.5) is 0 Å². The van der Waals surface area contributed by atoms with Crippen molar-refractivity contribution in [3.63, 3.8) is 0 Å². The van der Waals surface area contributed by atoms with Crippen molar-refractivity contribution in [2.24, 2.45) is 66.3 Å². The zero-order valence-corrected chi connectivity index (χ0v) is 76.9. The minimum absolute atomic E-state index is 0.125. The molecule has 4 unspecified atom stereocenters. The third-order valence-electron chi connectivity index (χ3n) is 15.2. The standard InChI is InChI=1S/2C19H35NO6S.C17H31NO6S.C16H29NO6S.4C2H6/c2*1-6-7-10-25-16(22)18(2,3)13-19(4,17(23)26-11-9-20)14-27-12-8-15(21)24-5;1-6-23-14(20)16(2,3)11-17(4,15(21)24-9-8-18)12-25-10-7-13(19)22-5;1-15(2,13(19)22-5)10-16(3,14(20)23-8-7-17)11-24-9-6-12(18)21-4;4*1-2/h2*6-14,20H2,1-5H3;6-12,18H2,1-5H3;6-11,17H2,1-5H3;4*1-2H3. The van der Waals surface area contributed by atoms with Crippen LogP contribution in [0.2, 0.25) is 0 Å². The smallest absolute Gasteiger partial charge is 0.312 e. The maximum atomic E-state index is 12.6. The number of methoxy groups -OCH3 is 5. The molecule has 0 aromatic rings. The molecule has 0 amide bonds. The van der Waals surface area contributed by atoms with Crippen LogP contribution in [0.5, 0.6) is 0 Å². The number of esters is 12. The first kappa shape index (κ1) is 122. The Kier molecular flexibility index (Phi) is 78.2. The van der Waals surface area contributed by atoms with Gasteiger partial charge in [0.25, 0.3) is 0 Å². The molecule has 0 aromatic heterocycles. The monoisotopic (exact) mass is 1670 g/mol. The van der Waals surface area contributed by atoms with Gasteiger partial charge in [0.2, 0.25) is 0 Å². The minimum Gasteiger partial charge on any atom is -0.469 e. The van der Waals surface area contributed by atoms with Crippen molar-refractivity contribution >= 4 is 119 Å². The van der Waals surface area contributed by atoms with Crippen LogP contribution < -0.4 is 22.9 Å². The lowest BCUT2D eigenvalue weighted by Gasteiger charge is -2.34. The maximum absolute atomic E-state index is 12.6. The Hall–Kier alpha value is -5.12. The Morgan fingerprint density at radius 3 is 0.631 bits per heavy atom. The van der Waals surface area contributed by atoms with Crippen LogP contribution in [0.15, 0.2) is 0 Å². The van der Waals surface area contributed by atoms with Crippen molar-refractivity contribution < 1.29 is 114 Å². The highest BCUT2D eigenvalue weighted by Crippen LogP contribution is 2.43. The Labute approximate surface area is 685 Å². The summed E-state index contributed by atoms with van der Waals surface area (Å²) in [6.45, 7) is 45.4. The van der Waals surface area contributed by atoms with Crippen molar-refractivity contribution in [3.05, 3.63) is 0 Å². The van der Waals surface area contributed by atoms with E-state index >= 15 is 0 Å². The van der Waals surface area contributed by atoms with E-state index in [4.69, 9.17) is 60.8 Å². The van der Waals surface area contributed by atoms with Crippen molar-refractivity contribution in [1.29, 1.82) is 0 Å². The van der Waals surface area contributed by atoms with Gasteiger partial charge in [-0.2, -0.15) is 47.0 Å². The number of nitrogens with two attached hydrogens (primary N) is 4. The van der Waals surface area contributed by atoms with Crippen LogP contribution in [-0.4, -0.2) is 226 Å². The van der Waals surface area contributed by atoms with Gasteiger partial charge in [-0.15, -0.1) is 0 Å². The van der Waals surface area contributed by atoms with E-state index in [9.17, 15) is 57.5 Å². The second-order valence-corrected chi connectivity index (χ2v) is 32.3. The highest BCUT2D eigenvalue weighted by molar-refractivity contribution is 8.00. The van der Waals surface area contributed by atoms with Crippen LogP contribution in [0, 0.1) is 43.3 Å². The summed E-state index contributed by atoms with van der Waals surface area (Å²) in [4.78, 5) is 144. The number of carbonyl (C=O) groups is 12. The van der Waals surface area contributed by atoms with Crippen LogP contribution in [0.25, 0.3) is 0 Å². The number of hydrogen-bond donors (Lipinski definition) is 4. The van der Waals surface area contributed by atoms with Gasteiger partial charge >= 0.3 is 71.6 Å². The largest absolute Gasteiger partial charge is 0.469 e. The number of ether oxygens (including phenoxy) is 12. The molecule has 0 aliphatic carbocycles. The van der Waals surface area contributed by atoms with E-state index in [1.54, 1.807) is 90.0 Å². The maximum Gasteiger partial charge on any atom is 0.312 e. The van der Waals surface area contributed by atoms with Crippen LogP contribution >= 0.6 is 47.0 Å². The quantitative estimate of drug-likeness (QED) is 0.0250.